The summed E-state index contributed by atoms with van der Waals surface area (Å²) in [5, 5.41) is 19.6. The van der Waals surface area contributed by atoms with Gasteiger partial charge in [0, 0.05) is 47.5 Å². The Balaban J connectivity index is 1.60. The number of nitrogens with zero attached hydrogens (tertiary/aromatic N) is 5. The smallest absolute Gasteiger partial charge is 0.353 e. The third-order valence-corrected chi connectivity index (χ3v) is 8.07. The van der Waals surface area contributed by atoms with E-state index in [1.807, 2.05) is 11.2 Å². The van der Waals surface area contributed by atoms with Gasteiger partial charge in [0.25, 0.3) is 0 Å². The summed E-state index contributed by atoms with van der Waals surface area (Å²) in [5.41, 5.74) is 9.30. The number of allylic oxidation sites excluding steroid dienone is 1. The van der Waals surface area contributed by atoms with Crippen LogP contribution in [0.15, 0.2) is 64.9 Å². The van der Waals surface area contributed by atoms with Crippen LogP contribution in [0.25, 0.3) is 27.8 Å². The van der Waals surface area contributed by atoms with Crippen LogP contribution in [0.1, 0.15) is 48.5 Å². The predicted octanol–water partition coefficient (Wildman–Crippen LogP) is 5.86. The number of carbonyl (C=O) groups is 1. The number of aliphatic carboxylic acids is 1. The highest BCUT2D eigenvalue weighted by atomic mass is 35.5. The summed E-state index contributed by atoms with van der Waals surface area (Å²) in [4.78, 5) is 20.0. The molecule has 2 aromatic carbocycles. The van der Waals surface area contributed by atoms with E-state index in [9.17, 15) is 9.90 Å². The third kappa shape index (κ3) is 4.15. The first-order chi connectivity index (χ1) is 18.9. The molecule has 0 amide bonds. The summed E-state index contributed by atoms with van der Waals surface area (Å²) in [5.74, 6) is -0.979. The molecule has 6 rings (SSSR count). The Morgan fingerprint density at radius 2 is 1.87 bits per heavy atom. The quantitative estimate of drug-likeness (QED) is 0.298. The number of nitrogens with one attached hydrogen (secondary N) is 1. The van der Waals surface area contributed by atoms with Crippen molar-refractivity contribution in [2.75, 3.05) is 13.2 Å². The Kier molecular flexibility index (Phi) is 6.53. The monoisotopic (exact) mass is 542 g/mol. The highest BCUT2D eigenvalue weighted by molar-refractivity contribution is 6.21. The third-order valence-electron chi connectivity index (χ3n) is 7.73. The fourth-order valence-corrected chi connectivity index (χ4v) is 6.23. The Morgan fingerprint density at radius 1 is 1.13 bits per heavy atom. The molecular formula is C30H31ClN6O2. The number of aromatic amines is 1. The van der Waals surface area contributed by atoms with E-state index in [0.29, 0.717) is 18.7 Å². The van der Waals surface area contributed by atoms with E-state index >= 15 is 0 Å². The number of benzene rings is 2. The van der Waals surface area contributed by atoms with Crippen LogP contribution < -0.4 is 0 Å². The van der Waals surface area contributed by atoms with Gasteiger partial charge in [0.1, 0.15) is 12.4 Å². The lowest BCUT2D eigenvalue weighted by molar-refractivity contribution is -0.138. The first-order valence-electron chi connectivity index (χ1n) is 13.3. The van der Waals surface area contributed by atoms with Gasteiger partial charge >= 0.3 is 5.97 Å². The summed E-state index contributed by atoms with van der Waals surface area (Å²) in [6.45, 7) is 7.22. The molecule has 4 aromatic rings. The molecule has 9 heteroatoms. The van der Waals surface area contributed by atoms with Crippen LogP contribution >= 0.6 is 11.6 Å². The lowest BCUT2D eigenvalue weighted by Gasteiger charge is -2.40. The average molecular weight is 543 g/mol. The van der Waals surface area contributed by atoms with Gasteiger partial charge in [-0.25, -0.2) is 14.5 Å². The zero-order chi connectivity index (χ0) is 27.3. The SMILES string of the molecule is CCc1cccc(CC)c1-n1nc2c(c1-c1cccc3[nH]ccc13)CN(N1CN=CC(C)=C1C(=O)O)CC2Cl. The van der Waals surface area contributed by atoms with Crippen molar-refractivity contribution in [3.05, 3.63) is 82.3 Å². The number of H-pyrrole nitrogens is 1. The van der Waals surface area contributed by atoms with E-state index < -0.39 is 11.3 Å². The number of alkyl halides is 1. The maximum absolute atomic E-state index is 12.2. The van der Waals surface area contributed by atoms with E-state index in [1.54, 1.807) is 18.1 Å². The number of hydrogen-bond acceptors (Lipinski definition) is 5. The van der Waals surface area contributed by atoms with Crippen molar-refractivity contribution in [2.24, 2.45) is 4.99 Å². The van der Waals surface area contributed by atoms with E-state index in [1.165, 1.54) is 11.1 Å². The molecule has 2 N–H and O–H groups in total. The van der Waals surface area contributed by atoms with Crippen molar-refractivity contribution < 1.29 is 9.90 Å². The molecular weight excluding hydrogens is 512 g/mol. The second kappa shape index (κ2) is 10.0. The molecule has 0 saturated carbocycles. The number of aliphatic imine (C=N–C) groups is 1. The number of hydrogen-bond donors (Lipinski definition) is 2. The van der Waals surface area contributed by atoms with Crippen LogP contribution in [0.3, 0.4) is 0 Å². The molecule has 2 aromatic heterocycles. The molecule has 8 nitrogen and oxygen atoms in total. The molecule has 0 radical (unpaired) electrons. The summed E-state index contributed by atoms with van der Waals surface area (Å²) in [7, 11) is 0. The number of rotatable bonds is 6. The van der Waals surface area contributed by atoms with Crippen LogP contribution in [-0.4, -0.2) is 55.3 Å². The summed E-state index contributed by atoms with van der Waals surface area (Å²) in [6, 6.07) is 14.8. The number of hydrazine groups is 1. The fourth-order valence-electron chi connectivity index (χ4n) is 5.90. The number of fused-ring (bicyclic) bond motifs is 2. The van der Waals surface area contributed by atoms with Gasteiger partial charge in [-0.05, 0) is 48.6 Å². The van der Waals surface area contributed by atoms with Crippen molar-refractivity contribution in [3.63, 3.8) is 0 Å². The minimum absolute atomic E-state index is 0.226. The molecule has 2 aliphatic heterocycles. The van der Waals surface area contributed by atoms with Gasteiger partial charge in [0.2, 0.25) is 0 Å². The van der Waals surface area contributed by atoms with E-state index in [2.05, 4.69) is 71.0 Å². The second-order valence-corrected chi connectivity index (χ2v) is 10.5. The zero-order valence-corrected chi connectivity index (χ0v) is 23.0. The van der Waals surface area contributed by atoms with Gasteiger partial charge < -0.3 is 10.1 Å². The highest BCUT2D eigenvalue weighted by Gasteiger charge is 2.37. The Hall–Kier alpha value is -3.88. The van der Waals surface area contributed by atoms with Crippen molar-refractivity contribution in [1.29, 1.82) is 0 Å². The number of aryl methyl sites for hydroxylation is 2. The normalized spacial score (nSPS) is 17.7. The standard InChI is InChI=1S/C30H31ClN6O2/c1-4-19-8-6-9-20(5-2)28(19)37-29(22-10-7-11-25-21(22)12-13-33-25)23-15-35(16-24(31)26(23)34-37)36-17-32-14-18(3)27(36)30(38)39/h6-14,24,33H,4-5,15-17H2,1-3H3,(H,38,39). The first kappa shape index (κ1) is 25.4. The Labute approximate surface area is 232 Å². The number of carboxylic acids is 1. The molecule has 4 heterocycles. The highest BCUT2D eigenvalue weighted by Crippen LogP contribution is 2.42. The van der Waals surface area contributed by atoms with Crippen LogP contribution in [0.5, 0.6) is 0 Å². The lowest BCUT2D eigenvalue weighted by atomic mass is 9.97. The Morgan fingerprint density at radius 3 is 2.59 bits per heavy atom. The van der Waals surface area contributed by atoms with Crippen LogP contribution in [0.4, 0.5) is 0 Å². The van der Waals surface area contributed by atoms with Gasteiger partial charge in [-0.3, -0.25) is 10.0 Å². The number of para-hydroxylation sites is 1. The van der Waals surface area contributed by atoms with Gasteiger partial charge in [-0.1, -0.05) is 44.2 Å². The molecule has 1 unspecified atom stereocenters. The summed E-state index contributed by atoms with van der Waals surface area (Å²) in [6.07, 6.45) is 5.32. The van der Waals surface area contributed by atoms with Crippen LogP contribution in [0, 0.1) is 0 Å². The molecule has 200 valence electrons. The van der Waals surface area contributed by atoms with Gasteiger partial charge in [-0.15, -0.1) is 11.6 Å². The second-order valence-electron chi connectivity index (χ2n) is 10.0. The summed E-state index contributed by atoms with van der Waals surface area (Å²) < 4.78 is 2.09. The number of carboxylic acid groups (broad SMARTS) is 1. The van der Waals surface area contributed by atoms with Gasteiger partial charge in [-0.2, -0.15) is 5.10 Å². The molecule has 39 heavy (non-hydrogen) atoms. The average Bonchev–Trinajstić information content (AvgIpc) is 3.57. The Bertz CT molecular complexity index is 1630. The minimum Gasteiger partial charge on any atom is -0.477 e. The topological polar surface area (TPSA) is 89.8 Å². The number of halogens is 1. The fraction of sp³-hybridized carbons (Fsp3) is 0.300. The van der Waals surface area contributed by atoms with Crippen molar-refractivity contribution in [2.45, 2.75) is 45.5 Å². The predicted molar refractivity (Wildman–Crippen MR) is 154 cm³/mol. The van der Waals surface area contributed by atoms with Crippen LogP contribution in [0.2, 0.25) is 0 Å². The van der Waals surface area contributed by atoms with Gasteiger partial charge in [0.05, 0.1) is 22.5 Å². The molecule has 0 bridgehead atoms. The molecule has 0 fully saturated rings. The largest absolute Gasteiger partial charge is 0.477 e. The van der Waals surface area contributed by atoms with E-state index in [-0.39, 0.29) is 12.4 Å². The number of aromatic nitrogens is 3. The summed E-state index contributed by atoms with van der Waals surface area (Å²) >= 11 is 7.08. The zero-order valence-electron chi connectivity index (χ0n) is 22.3. The lowest BCUT2D eigenvalue weighted by Crippen LogP contribution is -2.48. The molecule has 0 spiro atoms. The van der Waals surface area contributed by atoms with Crippen LogP contribution in [-0.2, 0) is 24.2 Å². The molecule has 0 aliphatic carbocycles. The molecule has 0 saturated heterocycles. The molecule has 1 atom stereocenters. The maximum atomic E-state index is 12.2. The van der Waals surface area contributed by atoms with Crippen molar-refractivity contribution in [3.8, 4) is 16.9 Å². The minimum atomic E-state index is -0.979. The van der Waals surface area contributed by atoms with Crippen molar-refractivity contribution >= 4 is 34.7 Å². The maximum Gasteiger partial charge on any atom is 0.353 e. The first-order valence-corrected chi connectivity index (χ1v) is 13.8. The molecule has 2 aliphatic rings. The van der Waals surface area contributed by atoms with E-state index in [0.717, 1.165) is 51.9 Å². The van der Waals surface area contributed by atoms with E-state index in [4.69, 9.17) is 16.7 Å². The van der Waals surface area contributed by atoms with Gasteiger partial charge in [0.15, 0.2) is 0 Å². The van der Waals surface area contributed by atoms with Crippen molar-refractivity contribution in [1.82, 2.24) is 24.8 Å².